The molecule has 0 unspecified atom stereocenters. The molecule has 1 amide bonds. The van der Waals surface area contributed by atoms with E-state index >= 15 is 0 Å². The number of alkyl halides is 6. The molecule has 0 saturated carbocycles. The second-order valence-corrected chi connectivity index (χ2v) is 7.24. The van der Waals surface area contributed by atoms with Crippen molar-refractivity contribution in [1.29, 1.82) is 0 Å². The minimum absolute atomic E-state index is 0.00998. The highest BCUT2D eigenvalue weighted by Crippen LogP contribution is 2.37. The highest BCUT2D eigenvalue weighted by atomic mass is 35.5. The summed E-state index contributed by atoms with van der Waals surface area (Å²) in [7, 11) is 0. The molecule has 0 spiro atoms. The maximum absolute atomic E-state index is 12.9. The third-order valence-corrected chi connectivity index (χ3v) is 4.74. The summed E-state index contributed by atoms with van der Waals surface area (Å²) in [6.07, 6.45) is -9.99. The number of nitrogens with zero attached hydrogens (tertiary/aromatic N) is 1. The van der Waals surface area contributed by atoms with Crippen LogP contribution in [0.25, 0.3) is 11.0 Å². The van der Waals surface area contributed by atoms with Crippen molar-refractivity contribution >= 4 is 46.0 Å². The van der Waals surface area contributed by atoms with Crippen LogP contribution >= 0.6 is 23.4 Å². The number of carbonyl (C=O) groups excluding carboxylic acids is 1. The molecule has 0 aliphatic carbocycles. The van der Waals surface area contributed by atoms with Crippen LogP contribution in [0, 0.1) is 0 Å². The maximum Gasteiger partial charge on any atom is 0.416 e. The number of nitrogens with one attached hydrogen (secondary N) is 2. The van der Waals surface area contributed by atoms with E-state index < -0.39 is 35.1 Å². The van der Waals surface area contributed by atoms with Gasteiger partial charge in [-0.1, -0.05) is 23.4 Å². The smallest absolute Gasteiger partial charge is 0.333 e. The predicted octanol–water partition coefficient (Wildman–Crippen LogP) is 5.98. The minimum Gasteiger partial charge on any atom is -0.333 e. The number of hydrogen-bond donors (Lipinski definition) is 2. The summed E-state index contributed by atoms with van der Waals surface area (Å²) in [5.41, 5.74) is -2.42. The normalized spacial score (nSPS) is 12.4. The molecule has 3 aromatic rings. The SMILES string of the molecule is O=C(CSc1nc2ccc(Cl)cc2[nH]1)Nc1cc(C(F)(F)F)cc(C(F)(F)F)c1. The number of rotatable bonds is 4. The summed E-state index contributed by atoms with van der Waals surface area (Å²) in [6, 6.07) is 5.78. The lowest BCUT2D eigenvalue weighted by Gasteiger charge is -2.14. The molecule has 29 heavy (non-hydrogen) atoms. The number of H-pyrrole nitrogens is 1. The molecule has 12 heteroatoms. The van der Waals surface area contributed by atoms with Crippen molar-refractivity contribution in [3.63, 3.8) is 0 Å². The Morgan fingerprint density at radius 1 is 1.03 bits per heavy atom. The number of imidazole rings is 1. The molecule has 0 saturated heterocycles. The van der Waals surface area contributed by atoms with E-state index in [1.165, 1.54) is 0 Å². The first-order valence-electron chi connectivity index (χ1n) is 7.79. The Morgan fingerprint density at radius 3 is 2.24 bits per heavy atom. The van der Waals surface area contributed by atoms with Crippen molar-refractivity contribution in [3.8, 4) is 0 Å². The summed E-state index contributed by atoms with van der Waals surface area (Å²) in [5.74, 6) is -1.08. The first-order valence-corrected chi connectivity index (χ1v) is 9.15. The zero-order chi connectivity index (χ0) is 21.4. The summed E-state index contributed by atoms with van der Waals surface area (Å²) in [5, 5.41) is 2.87. The van der Waals surface area contributed by atoms with Gasteiger partial charge in [0.25, 0.3) is 0 Å². The number of carbonyl (C=O) groups is 1. The molecule has 0 aliphatic heterocycles. The van der Waals surface area contributed by atoms with E-state index in [4.69, 9.17) is 11.6 Å². The van der Waals surface area contributed by atoms with Gasteiger partial charge in [0.05, 0.1) is 27.9 Å². The van der Waals surface area contributed by atoms with Crippen LogP contribution in [-0.4, -0.2) is 21.6 Å². The summed E-state index contributed by atoms with van der Waals surface area (Å²) >= 11 is 6.79. The Morgan fingerprint density at radius 2 is 1.66 bits per heavy atom. The lowest BCUT2D eigenvalue weighted by molar-refractivity contribution is -0.143. The first kappa shape index (κ1) is 21.3. The van der Waals surface area contributed by atoms with Crippen molar-refractivity contribution in [1.82, 2.24) is 9.97 Å². The highest BCUT2D eigenvalue weighted by molar-refractivity contribution is 7.99. The van der Waals surface area contributed by atoms with Crippen LogP contribution in [0.5, 0.6) is 0 Å². The molecule has 4 nitrogen and oxygen atoms in total. The van der Waals surface area contributed by atoms with Crippen molar-refractivity contribution in [2.75, 3.05) is 11.1 Å². The van der Waals surface area contributed by atoms with Crippen molar-refractivity contribution in [3.05, 3.63) is 52.5 Å². The number of aromatic amines is 1. The van der Waals surface area contributed by atoms with Gasteiger partial charge in [-0.25, -0.2) is 4.98 Å². The van der Waals surface area contributed by atoms with Gasteiger partial charge in [0.1, 0.15) is 0 Å². The molecular weight excluding hydrogens is 444 g/mol. The Labute approximate surface area is 168 Å². The number of aromatic nitrogens is 2. The van der Waals surface area contributed by atoms with E-state index in [0.717, 1.165) is 11.8 Å². The van der Waals surface area contributed by atoms with E-state index in [1.807, 2.05) is 0 Å². The minimum atomic E-state index is -5.00. The van der Waals surface area contributed by atoms with E-state index in [0.29, 0.717) is 33.3 Å². The Kier molecular flexibility index (Phi) is 5.72. The highest BCUT2D eigenvalue weighted by Gasteiger charge is 2.37. The van der Waals surface area contributed by atoms with Gasteiger partial charge >= 0.3 is 12.4 Å². The maximum atomic E-state index is 12.9. The Bertz CT molecular complexity index is 1030. The topological polar surface area (TPSA) is 57.8 Å². The molecule has 1 heterocycles. The lowest BCUT2D eigenvalue weighted by Crippen LogP contribution is -2.17. The molecule has 0 bridgehead atoms. The number of halogens is 7. The fourth-order valence-corrected chi connectivity index (χ4v) is 3.24. The number of anilines is 1. The molecule has 2 aromatic carbocycles. The fraction of sp³-hybridized carbons (Fsp3) is 0.176. The fourth-order valence-electron chi connectivity index (χ4n) is 2.38. The molecule has 2 N–H and O–H groups in total. The number of amides is 1. The van der Waals surface area contributed by atoms with Gasteiger partial charge in [-0.05, 0) is 36.4 Å². The van der Waals surface area contributed by atoms with Gasteiger partial charge in [0.2, 0.25) is 5.91 Å². The van der Waals surface area contributed by atoms with Crippen LogP contribution in [0.3, 0.4) is 0 Å². The van der Waals surface area contributed by atoms with Crippen LogP contribution in [0.2, 0.25) is 5.02 Å². The summed E-state index contributed by atoms with van der Waals surface area (Å²) in [6.45, 7) is 0. The van der Waals surface area contributed by atoms with Crippen LogP contribution in [0.15, 0.2) is 41.6 Å². The van der Waals surface area contributed by atoms with E-state index in [2.05, 4.69) is 15.3 Å². The van der Waals surface area contributed by atoms with Gasteiger partial charge in [0, 0.05) is 10.7 Å². The second-order valence-electron chi connectivity index (χ2n) is 5.83. The van der Waals surface area contributed by atoms with Crippen LogP contribution in [-0.2, 0) is 17.1 Å². The van der Waals surface area contributed by atoms with Crippen LogP contribution in [0.1, 0.15) is 11.1 Å². The van der Waals surface area contributed by atoms with Gasteiger partial charge in [-0.2, -0.15) is 26.3 Å². The number of hydrogen-bond acceptors (Lipinski definition) is 3. The third kappa shape index (κ3) is 5.36. The zero-order valence-corrected chi connectivity index (χ0v) is 15.7. The quantitative estimate of drug-likeness (QED) is 0.377. The number of benzene rings is 2. The average molecular weight is 454 g/mol. The zero-order valence-electron chi connectivity index (χ0n) is 14.1. The Hall–Kier alpha value is -2.40. The summed E-state index contributed by atoms with van der Waals surface area (Å²) < 4.78 is 77.2. The molecule has 3 rings (SSSR count). The average Bonchev–Trinajstić information content (AvgIpc) is 3.00. The number of fused-ring (bicyclic) bond motifs is 1. The third-order valence-electron chi connectivity index (χ3n) is 3.63. The lowest BCUT2D eigenvalue weighted by atomic mass is 10.1. The van der Waals surface area contributed by atoms with Gasteiger partial charge in [-0.15, -0.1) is 0 Å². The Balaban J connectivity index is 1.73. The molecule has 0 radical (unpaired) electrons. The van der Waals surface area contributed by atoms with E-state index in [-0.39, 0.29) is 11.8 Å². The van der Waals surface area contributed by atoms with Crippen molar-refractivity contribution in [2.45, 2.75) is 17.5 Å². The molecule has 1 aromatic heterocycles. The van der Waals surface area contributed by atoms with Crippen LogP contribution < -0.4 is 5.32 Å². The predicted molar refractivity (Wildman–Crippen MR) is 96.9 cm³/mol. The monoisotopic (exact) mass is 453 g/mol. The van der Waals surface area contributed by atoms with Gasteiger partial charge < -0.3 is 10.3 Å². The van der Waals surface area contributed by atoms with Gasteiger partial charge in [-0.3, -0.25) is 4.79 Å². The van der Waals surface area contributed by atoms with Gasteiger partial charge in [0.15, 0.2) is 5.16 Å². The molecule has 0 fully saturated rings. The summed E-state index contributed by atoms with van der Waals surface area (Å²) in [4.78, 5) is 19.1. The molecule has 154 valence electrons. The molecule has 0 aliphatic rings. The largest absolute Gasteiger partial charge is 0.416 e. The first-order chi connectivity index (χ1) is 13.4. The standard InChI is InChI=1S/C17H10ClF6N3OS/c18-10-1-2-12-13(6-10)27-15(26-12)29-7-14(28)25-11-4-8(16(19,20)21)3-9(5-11)17(22,23)24/h1-6H,7H2,(H,25,28)(H,26,27). The second kappa shape index (κ2) is 7.79. The van der Waals surface area contributed by atoms with E-state index in [1.54, 1.807) is 18.2 Å². The van der Waals surface area contributed by atoms with Crippen molar-refractivity contribution in [2.24, 2.45) is 0 Å². The number of thioether (sulfide) groups is 1. The molecule has 0 atom stereocenters. The van der Waals surface area contributed by atoms with Crippen LogP contribution in [0.4, 0.5) is 32.0 Å². The molecular formula is C17H10ClF6N3OS. The van der Waals surface area contributed by atoms with E-state index in [9.17, 15) is 31.1 Å². The van der Waals surface area contributed by atoms with Crippen molar-refractivity contribution < 1.29 is 31.1 Å².